The highest BCUT2D eigenvalue weighted by atomic mass is 79.9. The maximum atomic E-state index is 11.9. The molecule has 1 N–H and O–H groups in total. The molecule has 6 heteroatoms. The van der Waals surface area contributed by atoms with Crippen LogP contribution in [0.15, 0.2) is 52.0 Å². The van der Waals surface area contributed by atoms with Gasteiger partial charge in [-0.1, -0.05) is 39.7 Å². The number of aryl methyl sites for hydroxylation is 1. The number of hydrogen-bond acceptors (Lipinski definition) is 3. The first-order chi connectivity index (χ1) is 12.0. The number of benzene rings is 2. The van der Waals surface area contributed by atoms with Crippen molar-refractivity contribution < 1.29 is 9.53 Å². The molecule has 1 amide bonds. The summed E-state index contributed by atoms with van der Waals surface area (Å²) in [5.41, 5.74) is 5.28. The van der Waals surface area contributed by atoms with Crippen molar-refractivity contribution in [2.24, 2.45) is 5.10 Å². The highest BCUT2D eigenvalue weighted by molar-refractivity contribution is 9.10. The Morgan fingerprint density at radius 3 is 2.64 bits per heavy atom. The summed E-state index contributed by atoms with van der Waals surface area (Å²) in [7, 11) is 0. The Balaban J connectivity index is 1.73. The standard InChI is InChI=1S/C19H20BrClN2O2/c1-13-12-17(21)9-10-18(13)25-11-3-4-19(24)23-22-14(2)15-5-7-16(20)8-6-15/h5-10,12H,3-4,11H2,1-2H3,(H,23,24). The Labute approximate surface area is 161 Å². The molecule has 0 spiro atoms. The number of carbonyl (C=O) groups excluding carboxylic acids is 1. The first-order valence-electron chi connectivity index (χ1n) is 7.94. The van der Waals surface area contributed by atoms with Crippen molar-refractivity contribution in [3.8, 4) is 5.75 Å². The topological polar surface area (TPSA) is 50.7 Å². The van der Waals surface area contributed by atoms with E-state index in [1.165, 1.54) is 0 Å². The van der Waals surface area contributed by atoms with Crippen molar-refractivity contribution in [2.45, 2.75) is 26.7 Å². The summed E-state index contributed by atoms with van der Waals surface area (Å²) in [6.07, 6.45) is 0.963. The summed E-state index contributed by atoms with van der Waals surface area (Å²) in [4.78, 5) is 11.9. The van der Waals surface area contributed by atoms with Gasteiger partial charge in [0, 0.05) is 15.9 Å². The minimum atomic E-state index is -0.132. The molecule has 0 saturated heterocycles. The summed E-state index contributed by atoms with van der Waals surface area (Å²) in [6.45, 7) is 4.26. The van der Waals surface area contributed by atoms with Crippen LogP contribution in [0.2, 0.25) is 5.02 Å². The van der Waals surface area contributed by atoms with Crippen LogP contribution in [0.1, 0.15) is 30.9 Å². The molecule has 2 rings (SSSR count). The van der Waals surface area contributed by atoms with Crippen LogP contribution >= 0.6 is 27.5 Å². The molecule has 0 aromatic heterocycles. The van der Waals surface area contributed by atoms with Gasteiger partial charge in [0.1, 0.15) is 5.75 Å². The van der Waals surface area contributed by atoms with Gasteiger partial charge >= 0.3 is 0 Å². The van der Waals surface area contributed by atoms with E-state index in [0.717, 1.165) is 27.1 Å². The maximum Gasteiger partial charge on any atom is 0.240 e. The van der Waals surface area contributed by atoms with Crippen LogP contribution in [-0.2, 0) is 4.79 Å². The molecule has 2 aromatic rings. The van der Waals surface area contributed by atoms with Gasteiger partial charge in [-0.25, -0.2) is 5.43 Å². The normalized spacial score (nSPS) is 11.3. The lowest BCUT2D eigenvalue weighted by molar-refractivity contribution is -0.121. The van der Waals surface area contributed by atoms with E-state index in [9.17, 15) is 4.79 Å². The average Bonchev–Trinajstić information content (AvgIpc) is 2.58. The van der Waals surface area contributed by atoms with Crippen LogP contribution in [0.25, 0.3) is 0 Å². The molecule has 0 aliphatic carbocycles. The van der Waals surface area contributed by atoms with E-state index in [2.05, 4.69) is 26.5 Å². The van der Waals surface area contributed by atoms with Gasteiger partial charge in [0.2, 0.25) is 5.91 Å². The summed E-state index contributed by atoms with van der Waals surface area (Å²) in [5.74, 6) is 0.654. The van der Waals surface area contributed by atoms with Crippen molar-refractivity contribution >= 4 is 39.1 Å². The molecule has 2 aromatic carbocycles. The zero-order chi connectivity index (χ0) is 18.2. The molecule has 4 nitrogen and oxygen atoms in total. The minimum absolute atomic E-state index is 0.132. The molecule has 0 saturated carbocycles. The fraction of sp³-hybridized carbons (Fsp3) is 0.263. The van der Waals surface area contributed by atoms with E-state index >= 15 is 0 Å². The fourth-order valence-electron chi connectivity index (χ4n) is 2.15. The largest absolute Gasteiger partial charge is 0.493 e. The number of nitrogens with zero attached hydrogens (tertiary/aromatic N) is 1. The monoisotopic (exact) mass is 422 g/mol. The Kier molecular flexibility index (Phi) is 7.47. The van der Waals surface area contributed by atoms with Crippen molar-refractivity contribution in [1.29, 1.82) is 0 Å². The molecule has 0 atom stereocenters. The highest BCUT2D eigenvalue weighted by Crippen LogP contribution is 2.21. The van der Waals surface area contributed by atoms with Crippen molar-refractivity contribution in [1.82, 2.24) is 5.43 Å². The van der Waals surface area contributed by atoms with Gasteiger partial charge in [-0.05, 0) is 61.7 Å². The van der Waals surface area contributed by atoms with Crippen LogP contribution in [-0.4, -0.2) is 18.2 Å². The van der Waals surface area contributed by atoms with Gasteiger partial charge < -0.3 is 4.74 Å². The Hall–Kier alpha value is -1.85. The number of rotatable bonds is 7. The van der Waals surface area contributed by atoms with E-state index in [1.54, 1.807) is 6.07 Å². The van der Waals surface area contributed by atoms with Gasteiger partial charge in [0.05, 0.1) is 12.3 Å². The zero-order valence-corrected chi connectivity index (χ0v) is 16.5. The SMILES string of the molecule is CC(=NNC(=O)CCCOc1ccc(Cl)cc1C)c1ccc(Br)cc1. The predicted molar refractivity (Wildman–Crippen MR) is 105 cm³/mol. The maximum absolute atomic E-state index is 11.9. The molecule has 0 aliphatic rings. The summed E-state index contributed by atoms with van der Waals surface area (Å²) >= 11 is 9.30. The lowest BCUT2D eigenvalue weighted by Gasteiger charge is -2.09. The van der Waals surface area contributed by atoms with Crippen LogP contribution in [0.5, 0.6) is 5.75 Å². The quantitative estimate of drug-likeness (QED) is 0.382. The number of hydrogen-bond donors (Lipinski definition) is 1. The second-order valence-corrected chi connectivity index (χ2v) is 6.95. The van der Waals surface area contributed by atoms with Gasteiger partial charge in [-0.15, -0.1) is 0 Å². The smallest absolute Gasteiger partial charge is 0.240 e. The number of amides is 1. The molecule has 0 fully saturated rings. The number of nitrogens with one attached hydrogen (secondary N) is 1. The second kappa shape index (κ2) is 9.59. The van der Waals surface area contributed by atoms with Gasteiger partial charge in [-0.2, -0.15) is 5.10 Å². The van der Waals surface area contributed by atoms with Crippen molar-refractivity contribution in [3.63, 3.8) is 0 Å². The summed E-state index contributed by atoms with van der Waals surface area (Å²) < 4.78 is 6.67. The Bertz CT molecular complexity index is 761. The Morgan fingerprint density at radius 2 is 1.96 bits per heavy atom. The third kappa shape index (κ3) is 6.52. The van der Waals surface area contributed by atoms with E-state index in [4.69, 9.17) is 16.3 Å². The molecule has 0 radical (unpaired) electrons. The van der Waals surface area contributed by atoms with E-state index in [0.29, 0.717) is 24.5 Å². The molecule has 132 valence electrons. The first-order valence-corrected chi connectivity index (χ1v) is 9.11. The number of hydrazone groups is 1. The lowest BCUT2D eigenvalue weighted by Crippen LogP contribution is -2.19. The van der Waals surface area contributed by atoms with Gasteiger partial charge in [-0.3, -0.25) is 4.79 Å². The average molecular weight is 424 g/mol. The minimum Gasteiger partial charge on any atom is -0.493 e. The third-order valence-corrected chi connectivity index (χ3v) is 4.32. The van der Waals surface area contributed by atoms with Crippen LogP contribution in [0.3, 0.4) is 0 Å². The first kappa shape index (κ1) is 19.5. The number of ether oxygens (including phenoxy) is 1. The van der Waals surface area contributed by atoms with Gasteiger partial charge in [0.15, 0.2) is 0 Å². The molecular weight excluding hydrogens is 404 g/mol. The number of halogens is 2. The molecule has 0 aliphatic heterocycles. The van der Waals surface area contributed by atoms with Crippen LogP contribution < -0.4 is 10.2 Å². The molecule has 25 heavy (non-hydrogen) atoms. The van der Waals surface area contributed by atoms with Gasteiger partial charge in [0.25, 0.3) is 0 Å². The fourth-order valence-corrected chi connectivity index (χ4v) is 2.64. The van der Waals surface area contributed by atoms with Crippen LogP contribution in [0.4, 0.5) is 0 Å². The van der Waals surface area contributed by atoms with Crippen molar-refractivity contribution in [3.05, 3.63) is 63.1 Å². The Morgan fingerprint density at radius 1 is 1.24 bits per heavy atom. The molecular formula is C19H20BrClN2O2. The summed E-state index contributed by atoms with van der Waals surface area (Å²) in [5, 5.41) is 4.81. The molecule has 0 heterocycles. The molecule has 0 unspecified atom stereocenters. The second-order valence-electron chi connectivity index (χ2n) is 5.60. The van der Waals surface area contributed by atoms with Crippen molar-refractivity contribution in [2.75, 3.05) is 6.61 Å². The van der Waals surface area contributed by atoms with E-state index < -0.39 is 0 Å². The summed E-state index contributed by atoms with van der Waals surface area (Å²) in [6, 6.07) is 13.2. The van der Waals surface area contributed by atoms with E-state index in [1.807, 2.05) is 50.2 Å². The predicted octanol–water partition coefficient (Wildman–Crippen LogP) is 5.11. The van der Waals surface area contributed by atoms with Crippen LogP contribution in [0, 0.1) is 6.92 Å². The zero-order valence-electron chi connectivity index (χ0n) is 14.2. The third-order valence-electron chi connectivity index (χ3n) is 3.55. The van der Waals surface area contributed by atoms with E-state index in [-0.39, 0.29) is 5.91 Å². The highest BCUT2D eigenvalue weighted by Gasteiger charge is 2.04. The lowest BCUT2D eigenvalue weighted by atomic mass is 10.1. The molecule has 0 bridgehead atoms. The number of carbonyl (C=O) groups is 1.